The lowest BCUT2D eigenvalue weighted by Crippen LogP contribution is -2.18. The van der Waals surface area contributed by atoms with Gasteiger partial charge in [0.1, 0.15) is 5.69 Å². The first-order chi connectivity index (χ1) is 10.3. The molecule has 0 unspecified atom stereocenters. The van der Waals surface area contributed by atoms with Crippen LogP contribution in [0.4, 0.5) is 0 Å². The summed E-state index contributed by atoms with van der Waals surface area (Å²) in [6, 6.07) is 13.1. The van der Waals surface area contributed by atoms with Crippen molar-refractivity contribution in [3.8, 4) is 0 Å². The van der Waals surface area contributed by atoms with Crippen LogP contribution in [-0.4, -0.2) is 22.1 Å². The molecule has 0 saturated carbocycles. The molecule has 2 N–H and O–H groups in total. The first kappa shape index (κ1) is 13.1. The third-order valence-electron chi connectivity index (χ3n) is 3.20. The van der Waals surface area contributed by atoms with E-state index in [1.807, 2.05) is 31.2 Å². The molecule has 5 nitrogen and oxygen atoms in total. The number of aromatic amines is 1. The Morgan fingerprint density at radius 2 is 2.05 bits per heavy atom. The number of H-pyrrole nitrogens is 1. The quantitative estimate of drug-likeness (QED) is 0.571. The predicted molar refractivity (Wildman–Crippen MR) is 82.3 cm³/mol. The van der Waals surface area contributed by atoms with Crippen LogP contribution in [0.15, 0.2) is 53.8 Å². The van der Waals surface area contributed by atoms with Crippen LogP contribution in [0.25, 0.3) is 10.9 Å². The van der Waals surface area contributed by atoms with Crippen LogP contribution >= 0.6 is 0 Å². The van der Waals surface area contributed by atoms with E-state index in [0.717, 1.165) is 22.2 Å². The van der Waals surface area contributed by atoms with Gasteiger partial charge < -0.3 is 4.98 Å². The number of hydrogen-bond donors (Lipinski definition) is 2. The second kappa shape index (κ2) is 5.58. The molecule has 0 aliphatic carbocycles. The Balaban J connectivity index is 1.79. The van der Waals surface area contributed by atoms with E-state index in [2.05, 4.69) is 20.5 Å². The van der Waals surface area contributed by atoms with Crippen molar-refractivity contribution in [1.29, 1.82) is 0 Å². The average Bonchev–Trinajstić information content (AvgIpc) is 2.84. The molecular weight excluding hydrogens is 264 g/mol. The molecule has 0 saturated heterocycles. The number of amides is 1. The minimum Gasteiger partial charge on any atom is -0.358 e. The van der Waals surface area contributed by atoms with Gasteiger partial charge in [-0.15, -0.1) is 0 Å². The number of para-hydroxylation sites is 1. The van der Waals surface area contributed by atoms with Crippen molar-refractivity contribution in [2.24, 2.45) is 5.10 Å². The van der Waals surface area contributed by atoms with E-state index < -0.39 is 0 Å². The van der Waals surface area contributed by atoms with Crippen molar-refractivity contribution < 1.29 is 4.79 Å². The summed E-state index contributed by atoms with van der Waals surface area (Å²) >= 11 is 0. The molecular formula is C16H14N4O. The van der Waals surface area contributed by atoms with Gasteiger partial charge in [0, 0.05) is 28.4 Å². The molecule has 0 aliphatic heterocycles. The molecule has 0 fully saturated rings. The molecule has 1 aromatic carbocycles. The summed E-state index contributed by atoms with van der Waals surface area (Å²) in [5.74, 6) is -0.329. The normalized spacial score (nSPS) is 11.1. The predicted octanol–water partition coefficient (Wildman–Crippen LogP) is 2.64. The van der Waals surface area contributed by atoms with Gasteiger partial charge in [-0.3, -0.25) is 9.78 Å². The first-order valence-corrected chi connectivity index (χ1v) is 6.57. The molecule has 0 radical (unpaired) electrons. The Kier molecular flexibility index (Phi) is 3.47. The molecule has 0 aliphatic rings. The molecule has 3 aromatic rings. The van der Waals surface area contributed by atoms with E-state index in [0.29, 0.717) is 5.69 Å². The van der Waals surface area contributed by atoms with Gasteiger partial charge in [0.2, 0.25) is 0 Å². The number of carbonyl (C=O) groups is 1. The zero-order chi connectivity index (χ0) is 14.7. The lowest BCUT2D eigenvalue weighted by atomic mass is 10.1. The fourth-order valence-corrected chi connectivity index (χ4v) is 2.17. The van der Waals surface area contributed by atoms with Crippen molar-refractivity contribution in [1.82, 2.24) is 15.4 Å². The van der Waals surface area contributed by atoms with Crippen molar-refractivity contribution >= 4 is 23.0 Å². The average molecular weight is 278 g/mol. The fraction of sp³-hybridized carbons (Fsp3) is 0.0625. The lowest BCUT2D eigenvalue weighted by Gasteiger charge is -1.98. The molecule has 5 heteroatoms. The highest BCUT2D eigenvalue weighted by Gasteiger charge is 2.06. The number of aryl methyl sites for hydroxylation is 1. The highest BCUT2D eigenvalue weighted by atomic mass is 16.2. The van der Waals surface area contributed by atoms with Crippen LogP contribution in [0.3, 0.4) is 0 Å². The fourth-order valence-electron chi connectivity index (χ4n) is 2.17. The van der Waals surface area contributed by atoms with E-state index in [1.54, 1.807) is 30.6 Å². The second-order valence-corrected chi connectivity index (χ2v) is 4.62. The van der Waals surface area contributed by atoms with Gasteiger partial charge in [0.05, 0.1) is 6.21 Å². The Morgan fingerprint density at radius 3 is 2.86 bits per heavy atom. The molecule has 0 spiro atoms. The Bertz CT molecular complexity index is 806. The standard InChI is InChI=1S/C16H14N4O/c1-11-13(12-6-2-3-7-14(12)19-11)10-18-20-16(21)15-8-4-5-9-17-15/h2-10,19H,1H3,(H,20,21). The summed E-state index contributed by atoms with van der Waals surface area (Å²) in [5.41, 5.74) is 5.84. The van der Waals surface area contributed by atoms with Gasteiger partial charge in [-0.05, 0) is 25.1 Å². The van der Waals surface area contributed by atoms with Gasteiger partial charge in [0.15, 0.2) is 0 Å². The molecule has 0 atom stereocenters. The van der Waals surface area contributed by atoms with Crippen molar-refractivity contribution in [2.75, 3.05) is 0 Å². The third kappa shape index (κ3) is 2.67. The number of carbonyl (C=O) groups excluding carboxylic acids is 1. The van der Waals surface area contributed by atoms with E-state index in [4.69, 9.17) is 0 Å². The minimum absolute atomic E-state index is 0.329. The molecule has 21 heavy (non-hydrogen) atoms. The number of rotatable bonds is 3. The van der Waals surface area contributed by atoms with Crippen LogP contribution in [0, 0.1) is 6.92 Å². The molecule has 1 amide bonds. The maximum absolute atomic E-state index is 11.8. The van der Waals surface area contributed by atoms with Crippen molar-refractivity contribution in [3.63, 3.8) is 0 Å². The van der Waals surface area contributed by atoms with Crippen molar-refractivity contribution in [2.45, 2.75) is 6.92 Å². The smallest absolute Gasteiger partial charge is 0.289 e. The number of hydrazone groups is 1. The van der Waals surface area contributed by atoms with Crippen LogP contribution in [0.5, 0.6) is 0 Å². The summed E-state index contributed by atoms with van der Waals surface area (Å²) < 4.78 is 0. The number of benzene rings is 1. The van der Waals surface area contributed by atoms with E-state index in [-0.39, 0.29) is 5.91 Å². The maximum atomic E-state index is 11.8. The summed E-state index contributed by atoms with van der Waals surface area (Å²) in [7, 11) is 0. The van der Waals surface area contributed by atoms with Crippen LogP contribution in [-0.2, 0) is 0 Å². The zero-order valence-corrected chi connectivity index (χ0v) is 11.5. The molecule has 0 bridgehead atoms. The number of hydrogen-bond acceptors (Lipinski definition) is 3. The number of nitrogens with one attached hydrogen (secondary N) is 2. The van der Waals surface area contributed by atoms with Gasteiger partial charge in [-0.1, -0.05) is 24.3 Å². The SMILES string of the molecule is Cc1[nH]c2ccccc2c1C=NNC(=O)c1ccccn1. The van der Waals surface area contributed by atoms with Gasteiger partial charge in [-0.2, -0.15) is 5.10 Å². The second-order valence-electron chi connectivity index (χ2n) is 4.62. The number of pyridine rings is 1. The lowest BCUT2D eigenvalue weighted by molar-refractivity contribution is 0.0950. The first-order valence-electron chi connectivity index (χ1n) is 6.57. The Hall–Kier alpha value is -2.95. The molecule has 104 valence electrons. The van der Waals surface area contributed by atoms with E-state index in [9.17, 15) is 4.79 Å². The van der Waals surface area contributed by atoms with E-state index >= 15 is 0 Å². The number of nitrogens with zero attached hydrogens (tertiary/aromatic N) is 2. The van der Waals surface area contributed by atoms with E-state index in [1.165, 1.54) is 0 Å². The highest BCUT2D eigenvalue weighted by molar-refractivity contribution is 6.01. The summed E-state index contributed by atoms with van der Waals surface area (Å²) in [6.45, 7) is 1.97. The maximum Gasteiger partial charge on any atom is 0.289 e. The monoisotopic (exact) mass is 278 g/mol. The number of aromatic nitrogens is 2. The zero-order valence-electron chi connectivity index (χ0n) is 11.5. The summed E-state index contributed by atoms with van der Waals surface area (Å²) in [6.07, 6.45) is 3.22. The van der Waals surface area contributed by atoms with Gasteiger partial charge >= 0.3 is 0 Å². The topological polar surface area (TPSA) is 70.1 Å². The molecule has 2 aromatic heterocycles. The van der Waals surface area contributed by atoms with Crippen LogP contribution in [0.2, 0.25) is 0 Å². The van der Waals surface area contributed by atoms with Gasteiger partial charge in [-0.25, -0.2) is 5.43 Å². The van der Waals surface area contributed by atoms with Crippen LogP contribution in [0.1, 0.15) is 21.7 Å². The summed E-state index contributed by atoms with van der Waals surface area (Å²) in [5, 5.41) is 5.09. The molecule has 2 heterocycles. The molecule has 3 rings (SSSR count). The Labute approximate surface area is 121 Å². The third-order valence-corrected chi connectivity index (χ3v) is 3.20. The summed E-state index contributed by atoms with van der Waals surface area (Å²) in [4.78, 5) is 19.1. The Morgan fingerprint density at radius 1 is 1.24 bits per heavy atom. The number of fused-ring (bicyclic) bond motifs is 1. The van der Waals surface area contributed by atoms with Crippen molar-refractivity contribution in [3.05, 3.63) is 65.6 Å². The minimum atomic E-state index is -0.329. The largest absolute Gasteiger partial charge is 0.358 e. The highest BCUT2D eigenvalue weighted by Crippen LogP contribution is 2.19. The van der Waals surface area contributed by atoms with Gasteiger partial charge in [0.25, 0.3) is 5.91 Å². The van der Waals surface area contributed by atoms with Crippen LogP contribution < -0.4 is 5.43 Å².